The van der Waals surface area contributed by atoms with Gasteiger partial charge >= 0.3 is 5.97 Å². The topological polar surface area (TPSA) is 106 Å². The van der Waals surface area contributed by atoms with Crippen LogP contribution in [0.3, 0.4) is 0 Å². The number of ether oxygens (including phenoxy) is 1. The minimum atomic E-state index is -0.792. The molecule has 0 N–H and O–H groups in total. The van der Waals surface area contributed by atoms with Crippen molar-refractivity contribution in [1.82, 2.24) is 0 Å². The van der Waals surface area contributed by atoms with Gasteiger partial charge in [0.1, 0.15) is 23.2 Å². The van der Waals surface area contributed by atoms with Crippen molar-refractivity contribution < 1.29 is 19.1 Å². The second kappa shape index (κ2) is 9.43. The zero-order valence-electron chi connectivity index (χ0n) is 20.0. The number of anilines is 3. The quantitative estimate of drug-likeness (QED) is 0.374. The van der Waals surface area contributed by atoms with E-state index in [1.54, 1.807) is 23.9 Å². The third-order valence-electron chi connectivity index (χ3n) is 6.05. The Labute approximate surface area is 203 Å². The number of benzene rings is 2. The molecule has 0 aromatic heterocycles. The third-order valence-corrected chi connectivity index (χ3v) is 6.05. The Morgan fingerprint density at radius 1 is 1.03 bits per heavy atom. The fourth-order valence-electron chi connectivity index (χ4n) is 4.18. The van der Waals surface area contributed by atoms with E-state index >= 15 is 0 Å². The van der Waals surface area contributed by atoms with Crippen LogP contribution in [0, 0.1) is 25.2 Å². The molecule has 0 fully saturated rings. The zero-order valence-corrected chi connectivity index (χ0v) is 20.0. The van der Waals surface area contributed by atoms with Gasteiger partial charge in [0.15, 0.2) is 6.61 Å². The summed E-state index contributed by atoms with van der Waals surface area (Å²) in [6.45, 7) is 3.15. The maximum Gasteiger partial charge on any atom is 0.354 e. The van der Waals surface area contributed by atoms with Crippen LogP contribution >= 0.6 is 0 Å². The number of hydrogen-bond donors (Lipinski definition) is 0. The van der Waals surface area contributed by atoms with Crippen LogP contribution in [0.2, 0.25) is 0 Å². The van der Waals surface area contributed by atoms with Gasteiger partial charge in [-0.15, -0.1) is 0 Å². The molecule has 0 radical (unpaired) electrons. The zero-order chi connectivity index (χ0) is 25.3. The molecule has 0 atom stereocenters. The van der Waals surface area contributed by atoms with Crippen molar-refractivity contribution >= 4 is 40.4 Å². The SMILES string of the molecule is Cc1ccc(C)c(N2N=C(C(=O)OCC(=O)C(C#N)=C3N(C)c4ccccc4N3C)CCC2=O)c1. The number of carbonyl (C=O) groups excluding carboxylic acids is 3. The highest BCUT2D eigenvalue weighted by atomic mass is 16.5. The summed E-state index contributed by atoms with van der Waals surface area (Å²) >= 11 is 0. The van der Waals surface area contributed by atoms with Gasteiger partial charge in [-0.3, -0.25) is 9.59 Å². The number of aryl methyl sites for hydroxylation is 2. The van der Waals surface area contributed by atoms with Gasteiger partial charge in [0, 0.05) is 26.9 Å². The normalized spacial score (nSPS) is 14.9. The highest BCUT2D eigenvalue weighted by molar-refractivity contribution is 6.38. The van der Waals surface area contributed by atoms with E-state index in [-0.39, 0.29) is 30.0 Å². The number of amides is 1. The van der Waals surface area contributed by atoms with Crippen LogP contribution in [0.4, 0.5) is 17.1 Å². The number of nitriles is 1. The van der Waals surface area contributed by atoms with Crippen molar-refractivity contribution in [1.29, 1.82) is 5.26 Å². The van der Waals surface area contributed by atoms with Crippen LogP contribution in [-0.4, -0.2) is 44.1 Å². The van der Waals surface area contributed by atoms with E-state index in [9.17, 15) is 19.6 Å². The molecule has 2 aromatic carbocycles. The molecule has 2 heterocycles. The van der Waals surface area contributed by atoms with Gasteiger partial charge in [-0.25, -0.2) is 4.79 Å². The lowest BCUT2D eigenvalue weighted by molar-refractivity contribution is -0.140. The molecule has 0 bridgehead atoms. The monoisotopic (exact) mass is 471 g/mol. The Morgan fingerprint density at radius 2 is 1.69 bits per heavy atom. The molecule has 9 heteroatoms. The lowest BCUT2D eigenvalue weighted by Crippen LogP contribution is -2.36. The van der Waals surface area contributed by atoms with Crippen LogP contribution in [0.25, 0.3) is 0 Å². The van der Waals surface area contributed by atoms with Gasteiger partial charge in [0.2, 0.25) is 11.7 Å². The molecule has 0 saturated carbocycles. The Hall–Kier alpha value is -4.45. The van der Waals surface area contributed by atoms with Crippen molar-refractivity contribution in [2.45, 2.75) is 26.7 Å². The molecule has 1 amide bonds. The number of esters is 1. The summed E-state index contributed by atoms with van der Waals surface area (Å²) in [6.07, 6.45) is 0.205. The summed E-state index contributed by atoms with van der Waals surface area (Å²) in [6, 6.07) is 15.1. The van der Waals surface area contributed by atoms with Gasteiger partial charge in [0.05, 0.1) is 17.1 Å². The van der Waals surface area contributed by atoms with Gasteiger partial charge in [-0.05, 0) is 43.2 Å². The molecule has 9 nitrogen and oxygen atoms in total. The first-order chi connectivity index (χ1) is 16.7. The van der Waals surface area contributed by atoms with Crippen LogP contribution in [0.1, 0.15) is 24.0 Å². The number of carbonyl (C=O) groups is 3. The van der Waals surface area contributed by atoms with E-state index in [1.165, 1.54) is 5.01 Å². The predicted molar refractivity (Wildman–Crippen MR) is 132 cm³/mol. The molecular weight excluding hydrogens is 446 g/mol. The summed E-state index contributed by atoms with van der Waals surface area (Å²) in [5.74, 6) is -1.23. The van der Waals surface area contributed by atoms with Crippen molar-refractivity contribution in [3.63, 3.8) is 0 Å². The molecule has 0 spiro atoms. The molecule has 2 aliphatic heterocycles. The molecule has 2 aromatic rings. The van der Waals surface area contributed by atoms with Crippen LogP contribution in [-0.2, 0) is 19.1 Å². The molecule has 0 aliphatic carbocycles. The number of hydrogen-bond acceptors (Lipinski definition) is 8. The summed E-state index contributed by atoms with van der Waals surface area (Å²) in [5, 5.41) is 15.2. The standard InChI is InChI=1S/C26H25N5O4/c1-16-9-10-17(2)22(13-16)31-24(33)12-11-19(28-31)26(34)35-15-23(32)18(14-27)25-29(3)20-7-5-6-8-21(20)30(25)4/h5-10,13H,11-12,15H2,1-4H3. The van der Waals surface area contributed by atoms with Gasteiger partial charge in [0.25, 0.3) is 0 Å². The smallest absolute Gasteiger partial charge is 0.354 e. The van der Waals surface area contributed by atoms with Crippen molar-refractivity contribution in [2.75, 3.05) is 35.5 Å². The highest BCUT2D eigenvalue weighted by Crippen LogP contribution is 2.40. The van der Waals surface area contributed by atoms with E-state index in [0.717, 1.165) is 22.5 Å². The van der Waals surface area contributed by atoms with E-state index in [0.29, 0.717) is 11.5 Å². The molecule has 2 aliphatic rings. The fourth-order valence-corrected chi connectivity index (χ4v) is 4.18. The van der Waals surface area contributed by atoms with E-state index in [1.807, 2.05) is 62.4 Å². The molecule has 178 valence electrons. The molecule has 0 unspecified atom stereocenters. The largest absolute Gasteiger partial charge is 0.453 e. The number of para-hydroxylation sites is 2. The number of hydrazone groups is 1. The summed E-state index contributed by atoms with van der Waals surface area (Å²) in [4.78, 5) is 41.6. The number of Topliss-reactive ketones (excluding diaryl/α,β-unsaturated/α-hetero) is 1. The lowest BCUT2D eigenvalue weighted by Gasteiger charge is -2.24. The fraction of sp³-hybridized carbons (Fsp3) is 0.269. The average molecular weight is 472 g/mol. The summed E-state index contributed by atoms with van der Waals surface area (Å²) in [5.41, 5.74) is 4.04. The number of nitrogens with zero attached hydrogens (tertiary/aromatic N) is 5. The maximum absolute atomic E-state index is 12.9. The second-order valence-electron chi connectivity index (χ2n) is 8.46. The summed E-state index contributed by atoms with van der Waals surface area (Å²) in [7, 11) is 3.54. The van der Waals surface area contributed by atoms with E-state index in [2.05, 4.69) is 5.10 Å². The Kier molecular flexibility index (Phi) is 6.38. The van der Waals surface area contributed by atoms with Crippen LogP contribution < -0.4 is 14.8 Å². The second-order valence-corrected chi connectivity index (χ2v) is 8.46. The first-order valence-corrected chi connectivity index (χ1v) is 11.1. The van der Waals surface area contributed by atoms with E-state index < -0.39 is 18.4 Å². The Morgan fingerprint density at radius 3 is 2.31 bits per heavy atom. The Balaban J connectivity index is 1.51. The van der Waals surface area contributed by atoms with Gasteiger partial charge in [-0.1, -0.05) is 24.3 Å². The molecule has 0 saturated heterocycles. The summed E-state index contributed by atoms with van der Waals surface area (Å²) < 4.78 is 5.23. The number of ketones is 1. The molecule has 35 heavy (non-hydrogen) atoms. The first-order valence-electron chi connectivity index (χ1n) is 11.1. The average Bonchev–Trinajstić information content (AvgIpc) is 3.10. The molecule has 4 rings (SSSR count). The van der Waals surface area contributed by atoms with Crippen molar-refractivity contribution in [2.24, 2.45) is 5.10 Å². The van der Waals surface area contributed by atoms with Crippen LogP contribution in [0.15, 0.2) is 59.0 Å². The molecular formula is C26H25N5O4. The minimum Gasteiger partial charge on any atom is -0.453 e. The lowest BCUT2D eigenvalue weighted by atomic mass is 10.1. The van der Waals surface area contributed by atoms with Crippen LogP contribution in [0.5, 0.6) is 0 Å². The van der Waals surface area contributed by atoms with E-state index in [4.69, 9.17) is 4.74 Å². The predicted octanol–water partition coefficient (Wildman–Crippen LogP) is 3.22. The van der Waals surface area contributed by atoms with Crippen molar-refractivity contribution in [3.05, 3.63) is 65.0 Å². The number of fused-ring (bicyclic) bond motifs is 1. The Bertz CT molecular complexity index is 1310. The van der Waals surface area contributed by atoms with Gasteiger partial charge < -0.3 is 14.5 Å². The number of rotatable bonds is 5. The first kappa shape index (κ1) is 23.7. The minimum absolute atomic E-state index is 0.0481. The third kappa shape index (κ3) is 4.38. The maximum atomic E-state index is 12.9. The van der Waals surface area contributed by atoms with Crippen molar-refractivity contribution in [3.8, 4) is 6.07 Å². The highest BCUT2D eigenvalue weighted by Gasteiger charge is 2.32. The van der Waals surface area contributed by atoms with Gasteiger partial charge in [-0.2, -0.15) is 15.4 Å².